The van der Waals surface area contributed by atoms with Gasteiger partial charge in [0, 0.05) is 18.6 Å². The second-order valence-corrected chi connectivity index (χ2v) is 7.80. The van der Waals surface area contributed by atoms with E-state index in [1.165, 1.54) is 11.4 Å². The van der Waals surface area contributed by atoms with Gasteiger partial charge < -0.3 is 0 Å². The number of oxime groups is 1. The van der Waals surface area contributed by atoms with Gasteiger partial charge in [-0.2, -0.15) is 5.26 Å². The van der Waals surface area contributed by atoms with E-state index in [9.17, 15) is 4.79 Å². The summed E-state index contributed by atoms with van der Waals surface area (Å²) in [6.07, 6.45) is -0.618. The highest BCUT2D eigenvalue weighted by atomic mass is 35.5. The average molecular weight is 326 g/mol. The first-order valence-corrected chi connectivity index (χ1v) is 8.23. The summed E-state index contributed by atoms with van der Waals surface area (Å²) in [6, 6.07) is 2.05. The first-order chi connectivity index (χ1) is 8.50. The first-order valence-electron chi connectivity index (χ1n) is 4.95. The van der Waals surface area contributed by atoms with Crippen LogP contribution >= 0.6 is 47.1 Å². The molecule has 0 radical (unpaired) electrons. The van der Waals surface area contributed by atoms with Crippen LogP contribution in [-0.2, 0) is 4.84 Å². The van der Waals surface area contributed by atoms with Crippen LogP contribution < -0.4 is 0 Å². The van der Waals surface area contributed by atoms with Gasteiger partial charge in [-0.1, -0.05) is 28.7 Å². The minimum Gasteiger partial charge on any atom is -0.296 e. The molecular weight excluding hydrogens is 314 g/mol. The molecule has 18 heavy (non-hydrogen) atoms. The molecule has 0 aromatic heterocycles. The van der Waals surface area contributed by atoms with Crippen LogP contribution in [0.2, 0.25) is 0 Å². The number of carbonyl (C=O) groups excluding carboxylic acids is 1. The Bertz CT molecular complexity index is 380. The fourth-order valence-corrected chi connectivity index (χ4v) is 3.94. The fourth-order valence-electron chi connectivity index (χ4n) is 0.900. The predicted molar refractivity (Wildman–Crippen MR) is 78.9 cm³/mol. The van der Waals surface area contributed by atoms with Crippen LogP contribution in [0.3, 0.4) is 0 Å². The molecule has 1 fully saturated rings. The molecule has 0 spiro atoms. The van der Waals surface area contributed by atoms with Gasteiger partial charge in [0.05, 0.1) is 11.9 Å². The molecule has 5 nitrogen and oxygen atoms in total. The summed E-state index contributed by atoms with van der Waals surface area (Å²) < 4.78 is 1.11. The molecule has 9 heteroatoms. The highest BCUT2D eigenvalue weighted by molar-refractivity contribution is 8.41. The standard InChI is InChI=1S/C9H12ClN3O2S3/c1-9(5-10,6-11)18-13(2)8(14)15-12-7-16-3-4-17-7/h3-5H2,1-2H3. The van der Waals surface area contributed by atoms with Gasteiger partial charge in [0.15, 0.2) is 4.38 Å². The Kier molecular flexibility index (Phi) is 6.49. The molecule has 1 heterocycles. The lowest BCUT2D eigenvalue weighted by molar-refractivity contribution is 0.137. The van der Waals surface area contributed by atoms with Crippen molar-refractivity contribution in [3.05, 3.63) is 0 Å². The van der Waals surface area contributed by atoms with Crippen molar-refractivity contribution in [3.63, 3.8) is 0 Å². The number of thioether (sulfide) groups is 2. The molecule has 0 aromatic carbocycles. The second-order valence-electron chi connectivity index (χ2n) is 3.48. The molecule has 1 amide bonds. The Labute approximate surface area is 124 Å². The molecule has 100 valence electrons. The maximum absolute atomic E-state index is 11.6. The predicted octanol–water partition coefficient (Wildman–Crippen LogP) is 2.98. The number of amides is 1. The smallest absolute Gasteiger partial charge is 0.296 e. The van der Waals surface area contributed by atoms with Crippen molar-refractivity contribution in [2.75, 3.05) is 24.4 Å². The van der Waals surface area contributed by atoms with Crippen LogP contribution in [0.25, 0.3) is 0 Å². The minimum atomic E-state index is -0.862. The van der Waals surface area contributed by atoms with Gasteiger partial charge in [-0.05, 0) is 18.9 Å². The highest BCUT2D eigenvalue weighted by Crippen LogP contribution is 2.29. The van der Waals surface area contributed by atoms with E-state index >= 15 is 0 Å². The number of nitriles is 1. The molecule has 0 aromatic rings. The number of alkyl halides is 1. The van der Waals surface area contributed by atoms with Crippen molar-refractivity contribution in [1.82, 2.24) is 4.31 Å². The SMILES string of the molecule is CN(SC(C)(C#N)CCl)C(=O)ON=C1SCCS1. The van der Waals surface area contributed by atoms with Crippen molar-refractivity contribution in [1.29, 1.82) is 5.26 Å². The third-order valence-corrected chi connectivity index (χ3v) is 6.00. The van der Waals surface area contributed by atoms with E-state index in [-0.39, 0.29) is 5.88 Å². The van der Waals surface area contributed by atoms with Crippen LogP contribution in [0, 0.1) is 11.3 Å². The summed E-state index contributed by atoms with van der Waals surface area (Å²) in [4.78, 5) is 16.4. The van der Waals surface area contributed by atoms with E-state index in [1.54, 1.807) is 30.4 Å². The van der Waals surface area contributed by atoms with Gasteiger partial charge in [0.25, 0.3) is 0 Å². The molecule has 1 atom stereocenters. The van der Waals surface area contributed by atoms with Crippen LogP contribution in [0.5, 0.6) is 0 Å². The Morgan fingerprint density at radius 1 is 1.72 bits per heavy atom. The molecule has 0 aliphatic carbocycles. The van der Waals surface area contributed by atoms with Crippen molar-refractivity contribution in [2.45, 2.75) is 11.7 Å². The molecule has 0 saturated carbocycles. The average Bonchev–Trinajstić information content (AvgIpc) is 2.88. The van der Waals surface area contributed by atoms with E-state index in [0.717, 1.165) is 27.8 Å². The van der Waals surface area contributed by atoms with Crippen LogP contribution in [0.1, 0.15) is 6.92 Å². The van der Waals surface area contributed by atoms with Gasteiger partial charge in [-0.25, -0.2) is 4.79 Å². The van der Waals surface area contributed by atoms with Crippen LogP contribution in [-0.4, -0.2) is 44.0 Å². The quantitative estimate of drug-likeness (QED) is 0.342. The summed E-state index contributed by atoms with van der Waals surface area (Å²) >= 11 is 9.81. The third-order valence-electron chi connectivity index (χ3n) is 1.82. The third kappa shape index (κ3) is 4.80. The van der Waals surface area contributed by atoms with Gasteiger partial charge in [-0.15, -0.1) is 11.6 Å². The monoisotopic (exact) mass is 325 g/mol. The van der Waals surface area contributed by atoms with Gasteiger partial charge in [0.1, 0.15) is 4.75 Å². The molecule has 0 bridgehead atoms. The van der Waals surface area contributed by atoms with Gasteiger partial charge in [-0.3, -0.25) is 9.14 Å². The van der Waals surface area contributed by atoms with Gasteiger partial charge >= 0.3 is 6.09 Å². The van der Waals surface area contributed by atoms with Crippen molar-refractivity contribution < 1.29 is 9.63 Å². The zero-order valence-corrected chi connectivity index (χ0v) is 13.1. The molecule has 0 N–H and O–H groups in total. The van der Waals surface area contributed by atoms with Crippen molar-refractivity contribution in [2.24, 2.45) is 5.16 Å². The van der Waals surface area contributed by atoms with Gasteiger partial charge in [0.2, 0.25) is 0 Å². The Morgan fingerprint density at radius 2 is 2.33 bits per heavy atom. The highest BCUT2D eigenvalue weighted by Gasteiger charge is 2.29. The lowest BCUT2D eigenvalue weighted by Gasteiger charge is -2.22. The molecule has 1 rings (SSSR count). The fraction of sp³-hybridized carbons (Fsp3) is 0.667. The Balaban J connectivity index is 2.46. The largest absolute Gasteiger partial charge is 0.445 e. The van der Waals surface area contributed by atoms with E-state index in [1.807, 2.05) is 6.07 Å². The second kappa shape index (κ2) is 7.38. The summed E-state index contributed by atoms with van der Waals surface area (Å²) in [5.41, 5.74) is 0. The molecule has 1 aliphatic heterocycles. The normalized spacial score (nSPS) is 17.8. The first kappa shape index (κ1) is 15.8. The number of hydrogen-bond donors (Lipinski definition) is 0. The topological polar surface area (TPSA) is 65.7 Å². The summed E-state index contributed by atoms with van der Waals surface area (Å²) in [6.45, 7) is 1.66. The van der Waals surface area contributed by atoms with E-state index in [0.29, 0.717) is 0 Å². The molecule has 1 aliphatic rings. The lowest BCUT2D eigenvalue weighted by Crippen LogP contribution is -2.30. The minimum absolute atomic E-state index is 0.117. The maximum atomic E-state index is 11.6. The molecular formula is C9H12ClN3O2S3. The van der Waals surface area contributed by atoms with E-state index in [2.05, 4.69) is 5.16 Å². The van der Waals surface area contributed by atoms with Crippen LogP contribution in [0.15, 0.2) is 5.16 Å². The maximum Gasteiger partial charge on any atom is 0.445 e. The Morgan fingerprint density at radius 3 is 2.83 bits per heavy atom. The number of hydrogen-bond acceptors (Lipinski definition) is 7. The number of rotatable bonds is 4. The van der Waals surface area contributed by atoms with Crippen LogP contribution in [0.4, 0.5) is 4.79 Å². The summed E-state index contributed by atoms with van der Waals surface area (Å²) in [7, 11) is 1.52. The zero-order chi connectivity index (χ0) is 13.6. The summed E-state index contributed by atoms with van der Waals surface area (Å²) in [5, 5.41) is 12.7. The van der Waals surface area contributed by atoms with Crippen molar-refractivity contribution >= 4 is 57.5 Å². The molecule has 1 unspecified atom stereocenters. The number of carbonyl (C=O) groups is 1. The van der Waals surface area contributed by atoms with Crippen molar-refractivity contribution in [3.8, 4) is 6.07 Å². The lowest BCUT2D eigenvalue weighted by atomic mass is 10.2. The number of nitrogens with zero attached hydrogens (tertiary/aromatic N) is 3. The van der Waals surface area contributed by atoms with E-state index in [4.69, 9.17) is 21.7 Å². The number of halogens is 1. The Hall–Kier alpha value is -0.230. The zero-order valence-electron chi connectivity index (χ0n) is 9.88. The van der Waals surface area contributed by atoms with E-state index < -0.39 is 10.8 Å². The molecule has 1 saturated heterocycles. The summed E-state index contributed by atoms with van der Waals surface area (Å²) in [5.74, 6) is 2.07.